The second-order valence-corrected chi connectivity index (χ2v) is 5.21. The Labute approximate surface area is 117 Å². The van der Waals surface area contributed by atoms with Crippen LogP contribution in [0.4, 0.5) is 0 Å². The van der Waals surface area contributed by atoms with E-state index in [1.165, 1.54) is 0 Å². The van der Waals surface area contributed by atoms with E-state index in [4.69, 9.17) is 16.3 Å². The van der Waals surface area contributed by atoms with Crippen LogP contribution < -0.4 is 0 Å². The van der Waals surface area contributed by atoms with Gasteiger partial charge >= 0.3 is 5.97 Å². The SMILES string of the molecule is C=C(Cl)OC(=O)c1ccc(C2CC2)c(C(O)CC)c1. The van der Waals surface area contributed by atoms with Crippen molar-refractivity contribution in [1.29, 1.82) is 0 Å². The largest absolute Gasteiger partial charge is 0.411 e. The van der Waals surface area contributed by atoms with Crippen molar-refractivity contribution in [3.63, 3.8) is 0 Å². The molecule has 0 spiro atoms. The number of aliphatic hydroxyl groups is 1. The number of halogens is 1. The van der Waals surface area contributed by atoms with Gasteiger partial charge in [0.15, 0.2) is 5.22 Å². The highest BCUT2D eigenvalue weighted by Gasteiger charge is 2.28. The molecular formula is C15H17ClO3. The molecule has 19 heavy (non-hydrogen) atoms. The lowest BCUT2D eigenvalue weighted by Gasteiger charge is -2.15. The van der Waals surface area contributed by atoms with Crippen molar-refractivity contribution in [2.24, 2.45) is 0 Å². The second-order valence-electron chi connectivity index (χ2n) is 4.79. The van der Waals surface area contributed by atoms with Gasteiger partial charge in [0.25, 0.3) is 0 Å². The van der Waals surface area contributed by atoms with Crippen molar-refractivity contribution in [3.8, 4) is 0 Å². The van der Waals surface area contributed by atoms with Crippen molar-refractivity contribution in [1.82, 2.24) is 0 Å². The summed E-state index contributed by atoms with van der Waals surface area (Å²) >= 11 is 5.46. The first-order valence-corrected chi connectivity index (χ1v) is 6.79. The Morgan fingerprint density at radius 2 is 2.26 bits per heavy atom. The molecule has 1 fully saturated rings. The molecule has 1 N–H and O–H groups in total. The normalized spacial score (nSPS) is 15.9. The Hall–Kier alpha value is -1.32. The van der Waals surface area contributed by atoms with Gasteiger partial charge in [0.05, 0.1) is 11.7 Å². The molecule has 1 saturated carbocycles. The quantitative estimate of drug-likeness (QED) is 0.658. The number of rotatable bonds is 5. The molecule has 3 nitrogen and oxygen atoms in total. The van der Waals surface area contributed by atoms with E-state index in [0.29, 0.717) is 17.9 Å². The van der Waals surface area contributed by atoms with Gasteiger partial charge in [-0.15, -0.1) is 0 Å². The lowest BCUT2D eigenvalue weighted by molar-refractivity contribution is 0.0650. The Morgan fingerprint density at radius 3 is 2.79 bits per heavy atom. The van der Waals surface area contributed by atoms with Gasteiger partial charge < -0.3 is 9.84 Å². The molecule has 1 aliphatic carbocycles. The smallest absolute Gasteiger partial charge is 0.344 e. The summed E-state index contributed by atoms with van der Waals surface area (Å²) in [6, 6.07) is 5.31. The first-order chi connectivity index (χ1) is 9.02. The minimum atomic E-state index is -0.553. The molecule has 0 heterocycles. The third kappa shape index (κ3) is 3.37. The van der Waals surface area contributed by atoms with E-state index >= 15 is 0 Å². The van der Waals surface area contributed by atoms with Crippen LogP contribution >= 0.6 is 11.6 Å². The third-order valence-corrected chi connectivity index (χ3v) is 3.37. The summed E-state index contributed by atoms with van der Waals surface area (Å²) in [6.45, 7) is 5.23. The predicted octanol–water partition coefficient (Wildman–Crippen LogP) is 3.87. The lowest BCUT2D eigenvalue weighted by Crippen LogP contribution is -2.07. The average molecular weight is 281 g/mol. The number of benzene rings is 1. The van der Waals surface area contributed by atoms with E-state index in [0.717, 1.165) is 24.0 Å². The number of ether oxygens (including phenoxy) is 1. The monoisotopic (exact) mass is 280 g/mol. The molecule has 0 aliphatic heterocycles. The molecule has 0 saturated heterocycles. The van der Waals surface area contributed by atoms with E-state index in [-0.39, 0.29) is 5.22 Å². The van der Waals surface area contributed by atoms with Gasteiger partial charge in [-0.25, -0.2) is 4.79 Å². The van der Waals surface area contributed by atoms with Gasteiger partial charge in [-0.2, -0.15) is 0 Å². The zero-order valence-corrected chi connectivity index (χ0v) is 11.6. The van der Waals surface area contributed by atoms with E-state index in [2.05, 4.69) is 6.58 Å². The van der Waals surface area contributed by atoms with E-state index in [1.807, 2.05) is 13.0 Å². The van der Waals surface area contributed by atoms with Gasteiger partial charge in [-0.05, 0) is 66.6 Å². The van der Waals surface area contributed by atoms with Crippen LogP contribution in [0.1, 0.15) is 59.7 Å². The minimum Gasteiger partial charge on any atom is -0.411 e. The fraction of sp³-hybridized carbons (Fsp3) is 0.400. The number of aliphatic hydroxyl groups excluding tert-OH is 1. The van der Waals surface area contributed by atoms with Crippen molar-refractivity contribution in [2.75, 3.05) is 0 Å². The molecular weight excluding hydrogens is 264 g/mol. The Bertz CT molecular complexity index is 506. The summed E-state index contributed by atoms with van der Waals surface area (Å²) in [5.74, 6) is -0.0313. The maximum Gasteiger partial charge on any atom is 0.344 e. The van der Waals surface area contributed by atoms with Gasteiger partial charge in [-0.1, -0.05) is 13.0 Å². The van der Waals surface area contributed by atoms with Gasteiger partial charge in [0, 0.05) is 0 Å². The van der Waals surface area contributed by atoms with E-state index < -0.39 is 12.1 Å². The highest BCUT2D eigenvalue weighted by molar-refractivity contribution is 6.28. The number of carbonyl (C=O) groups is 1. The van der Waals surface area contributed by atoms with Crippen LogP contribution in [0, 0.1) is 0 Å². The average Bonchev–Trinajstić information content (AvgIpc) is 3.20. The Kier molecular flexibility index (Phi) is 4.27. The van der Waals surface area contributed by atoms with Gasteiger partial charge in [0.1, 0.15) is 0 Å². The zero-order valence-electron chi connectivity index (χ0n) is 10.9. The first kappa shape index (κ1) is 14.1. The van der Waals surface area contributed by atoms with Crippen LogP contribution in [0.3, 0.4) is 0 Å². The molecule has 102 valence electrons. The van der Waals surface area contributed by atoms with Crippen LogP contribution in [0.25, 0.3) is 0 Å². The van der Waals surface area contributed by atoms with Crippen molar-refractivity contribution >= 4 is 17.6 Å². The third-order valence-electron chi connectivity index (χ3n) is 3.29. The molecule has 1 atom stereocenters. The molecule has 4 heteroatoms. The summed E-state index contributed by atoms with van der Waals surface area (Å²) in [5, 5.41) is 9.92. The highest BCUT2D eigenvalue weighted by atomic mass is 35.5. The Balaban J connectivity index is 2.32. The van der Waals surface area contributed by atoms with Crippen LogP contribution in [0.2, 0.25) is 0 Å². The maximum atomic E-state index is 11.8. The summed E-state index contributed by atoms with van der Waals surface area (Å²) < 4.78 is 4.77. The number of esters is 1. The molecule has 1 aliphatic rings. The van der Waals surface area contributed by atoms with Crippen molar-refractivity contribution in [2.45, 2.75) is 38.2 Å². The molecule has 1 unspecified atom stereocenters. The summed E-state index contributed by atoms with van der Waals surface area (Å²) in [4.78, 5) is 11.8. The van der Waals surface area contributed by atoms with Crippen LogP contribution in [0.5, 0.6) is 0 Å². The molecule has 1 aromatic rings. The fourth-order valence-corrected chi connectivity index (χ4v) is 2.21. The molecule has 1 aromatic carbocycles. The summed E-state index contributed by atoms with van der Waals surface area (Å²) in [6.07, 6.45) is 2.35. The number of carbonyl (C=O) groups excluding carboxylic acids is 1. The molecule has 0 radical (unpaired) electrons. The summed E-state index contributed by atoms with van der Waals surface area (Å²) in [7, 11) is 0. The molecule has 0 bridgehead atoms. The number of hydrogen-bond acceptors (Lipinski definition) is 3. The molecule has 2 rings (SSSR count). The van der Waals surface area contributed by atoms with Crippen LogP contribution in [0.15, 0.2) is 30.0 Å². The first-order valence-electron chi connectivity index (χ1n) is 6.41. The van der Waals surface area contributed by atoms with E-state index in [1.54, 1.807) is 12.1 Å². The maximum absolute atomic E-state index is 11.8. The van der Waals surface area contributed by atoms with Crippen molar-refractivity contribution < 1.29 is 14.6 Å². The minimum absolute atomic E-state index is 0.158. The predicted molar refractivity (Wildman–Crippen MR) is 74.1 cm³/mol. The summed E-state index contributed by atoms with van der Waals surface area (Å²) in [5.41, 5.74) is 2.34. The standard InChI is InChI=1S/C15H17ClO3/c1-3-14(17)13-8-11(15(18)19-9(2)16)6-7-12(13)10-4-5-10/h6-8,10,14,17H,2-5H2,1H3. The topological polar surface area (TPSA) is 46.5 Å². The number of hydrogen-bond donors (Lipinski definition) is 1. The van der Waals surface area contributed by atoms with Crippen molar-refractivity contribution in [3.05, 3.63) is 46.7 Å². The zero-order chi connectivity index (χ0) is 14.0. The van der Waals surface area contributed by atoms with Crippen LogP contribution in [-0.4, -0.2) is 11.1 Å². The Morgan fingerprint density at radius 1 is 1.58 bits per heavy atom. The van der Waals surface area contributed by atoms with Gasteiger partial charge in [-0.3, -0.25) is 0 Å². The second kappa shape index (κ2) is 5.76. The lowest BCUT2D eigenvalue weighted by atomic mass is 9.95. The molecule has 0 amide bonds. The molecule has 0 aromatic heterocycles. The van der Waals surface area contributed by atoms with Crippen LogP contribution in [-0.2, 0) is 4.74 Å². The highest BCUT2D eigenvalue weighted by Crippen LogP contribution is 2.43. The van der Waals surface area contributed by atoms with E-state index in [9.17, 15) is 9.90 Å². The van der Waals surface area contributed by atoms with Gasteiger partial charge in [0.2, 0.25) is 0 Å². The fourth-order valence-electron chi connectivity index (χ4n) is 2.14.